The largest absolute Gasteiger partial charge is 0.299 e. The molecule has 3 heteroatoms. The molecule has 0 unspecified atom stereocenters. The molecule has 0 spiro atoms. The van der Waals surface area contributed by atoms with Gasteiger partial charge in [0.1, 0.15) is 5.82 Å². The molecule has 0 fully saturated rings. The fourth-order valence-corrected chi connectivity index (χ4v) is 5.99. The number of aromatic nitrogens is 2. The van der Waals surface area contributed by atoms with Crippen LogP contribution >= 0.6 is 11.3 Å². The van der Waals surface area contributed by atoms with Gasteiger partial charge in [0.25, 0.3) is 0 Å². The fourth-order valence-electron chi connectivity index (χ4n) is 4.75. The molecule has 2 heterocycles. The highest BCUT2D eigenvalue weighted by molar-refractivity contribution is 7.26. The Labute approximate surface area is 194 Å². The van der Waals surface area contributed by atoms with Crippen molar-refractivity contribution in [2.75, 3.05) is 0 Å². The lowest BCUT2D eigenvalue weighted by molar-refractivity contribution is 0.634. The van der Waals surface area contributed by atoms with Gasteiger partial charge in [-0.15, -0.1) is 11.3 Å². The first-order chi connectivity index (χ1) is 15.5. The second-order valence-electron chi connectivity index (χ2n) is 9.52. The van der Waals surface area contributed by atoms with Gasteiger partial charge in [-0.2, -0.15) is 0 Å². The van der Waals surface area contributed by atoms with Gasteiger partial charge in [-0.05, 0) is 47.9 Å². The Kier molecular flexibility index (Phi) is 5.60. The normalized spacial score (nSPS) is 11.9. The summed E-state index contributed by atoms with van der Waals surface area (Å²) in [5.41, 5.74) is 5.37. The molecule has 2 aromatic heterocycles. The molecular weight excluding hydrogens is 408 g/mol. The summed E-state index contributed by atoms with van der Waals surface area (Å²) >= 11 is 1.94. The number of hydrogen-bond acceptors (Lipinski definition) is 2. The van der Waals surface area contributed by atoms with Crippen LogP contribution in [0.25, 0.3) is 37.2 Å². The van der Waals surface area contributed by atoms with Crippen LogP contribution in [0.15, 0.2) is 73.1 Å². The van der Waals surface area contributed by atoms with Crippen LogP contribution in [0.2, 0.25) is 0 Å². The van der Waals surface area contributed by atoms with Crippen molar-refractivity contribution in [3.8, 4) is 17.1 Å². The van der Waals surface area contributed by atoms with Gasteiger partial charge in [0, 0.05) is 38.1 Å². The van der Waals surface area contributed by atoms with Crippen molar-refractivity contribution in [1.29, 1.82) is 0 Å². The Morgan fingerprint density at radius 2 is 1.56 bits per heavy atom. The standard InChI is InChI=1S/C29H30N2S/c1-19(2)16-22-18-24-23-12-8-9-13-26(23)32-28(24)25(17-20(3)4)27(22)31-15-14-30-29(31)21-10-6-5-7-11-21/h5-15,18-20H,16-17H2,1-4H3. The van der Waals surface area contributed by atoms with Crippen molar-refractivity contribution < 1.29 is 0 Å². The van der Waals surface area contributed by atoms with Gasteiger partial charge in [0.15, 0.2) is 0 Å². The molecule has 0 radical (unpaired) electrons. The Hall–Kier alpha value is -2.91. The molecule has 32 heavy (non-hydrogen) atoms. The van der Waals surface area contributed by atoms with Gasteiger partial charge in [0.05, 0.1) is 5.69 Å². The average Bonchev–Trinajstić information content (AvgIpc) is 3.39. The van der Waals surface area contributed by atoms with E-state index < -0.39 is 0 Å². The molecule has 0 saturated heterocycles. The van der Waals surface area contributed by atoms with Crippen molar-refractivity contribution in [1.82, 2.24) is 9.55 Å². The first-order valence-corrected chi connectivity index (χ1v) is 12.4. The van der Waals surface area contributed by atoms with Gasteiger partial charge in [0.2, 0.25) is 0 Å². The van der Waals surface area contributed by atoms with Crippen LogP contribution in [0.3, 0.4) is 0 Å². The highest BCUT2D eigenvalue weighted by Crippen LogP contribution is 2.42. The molecule has 0 aliphatic carbocycles. The number of nitrogens with zero attached hydrogens (tertiary/aromatic N) is 2. The van der Waals surface area contributed by atoms with E-state index >= 15 is 0 Å². The zero-order valence-corrected chi connectivity index (χ0v) is 20.1. The Morgan fingerprint density at radius 3 is 2.31 bits per heavy atom. The van der Waals surface area contributed by atoms with E-state index in [1.807, 2.05) is 17.5 Å². The lowest BCUT2D eigenvalue weighted by Gasteiger charge is -2.21. The van der Waals surface area contributed by atoms with E-state index in [1.54, 1.807) is 0 Å². The number of rotatable bonds is 6. The third-order valence-electron chi connectivity index (χ3n) is 5.97. The van der Waals surface area contributed by atoms with Gasteiger partial charge < -0.3 is 0 Å². The summed E-state index contributed by atoms with van der Waals surface area (Å²) in [5.74, 6) is 2.16. The summed E-state index contributed by atoms with van der Waals surface area (Å²) in [6.45, 7) is 9.27. The number of benzene rings is 3. The molecule has 0 aliphatic rings. The zero-order chi connectivity index (χ0) is 22.2. The molecular formula is C29H30N2S. The van der Waals surface area contributed by atoms with Crippen LogP contribution in [0.1, 0.15) is 38.8 Å². The van der Waals surface area contributed by atoms with E-state index in [-0.39, 0.29) is 0 Å². The summed E-state index contributed by atoms with van der Waals surface area (Å²) in [6.07, 6.45) is 6.18. The molecule has 3 aromatic carbocycles. The van der Waals surface area contributed by atoms with E-state index in [2.05, 4.69) is 99.1 Å². The van der Waals surface area contributed by atoms with Gasteiger partial charge in [-0.1, -0.05) is 76.2 Å². The van der Waals surface area contributed by atoms with Crippen LogP contribution in [-0.4, -0.2) is 9.55 Å². The van der Waals surface area contributed by atoms with E-state index in [4.69, 9.17) is 4.98 Å². The minimum atomic E-state index is 0.570. The molecule has 2 nitrogen and oxygen atoms in total. The Morgan fingerprint density at radius 1 is 0.844 bits per heavy atom. The molecule has 0 saturated carbocycles. The molecule has 162 valence electrons. The van der Waals surface area contributed by atoms with Crippen molar-refractivity contribution >= 4 is 31.5 Å². The molecule has 5 rings (SSSR count). The minimum absolute atomic E-state index is 0.570. The van der Waals surface area contributed by atoms with Crippen LogP contribution in [0.4, 0.5) is 0 Å². The van der Waals surface area contributed by atoms with Gasteiger partial charge in [-0.3, -0.25) is 4.57 Å². The summed E-state index contributed by atoms with van der Waals surface area (Å²) in [5, 5.41) is 2.78. The minimum Gasteiger partial charge on any atom is -0.299 e. The Bertz CT molecular complexity index is 1370. The smallest absolute Gasteiger partial charge is 0.144 e. The summed E-state index contributed by atoms with van der Waals surface area (Å²) < 4.78 is 5.14. The lowest BCUT2D eigenvalue weighted by atomic mass is 9.91. The average molecular weight is 439 g/mol. The van der Waals surface area contributed by atoms with Crippen molar-refractivity contribution in [2.24, 2.45) is 11.8 Å². The monoisotopic (exact) mass is 438 g/mol. The summed E-state index contributed by atoms with van der Waals surface area (Å²) in [4.78, 5) is 4.79. The van der Waals surface area contributed by atoms with E-state index in [0.717, 1.165) is 24.2 Å². The second-order valence-corrected chi connectivity index (χ2v) is 10.6. The lowest BCUT2D eigenvalue weighted by Crippen LogP contribution is -2.10. The van der Waals surface area contributed by atoms with E-state index in [9.17, 15) is 0 Å². The number of imidazole rings is 1. The van der Waals surface area contributed by atoms with E-state index in [0.29, 0.717) is 11.8 Å². The number of thiophene rings is 1. The molecule has 0 atom stereocenters. The third-order valence-corrected chi connectivity index (χ3v) is 7.22. The fraction of sp³-hybridized carbons (Fsp3) is 0.276. The SMILES string of the molecule is CC(C)Cc1cc2c(sc3ccccc32)c(CC(C)C)c1-n1ccnc1-c1ccccc1. The van der Waals surface area contributed by atoms with Crippen molar-refractivity contribution in [3.05, 3.63) is 84.2 Å². The Balaban J connectivity index is 1.87. The van der Waals surface area contributed by atoms with Crippen LogP contribution in [-0.2, 0) is 12.8 Å². The van der Waals surface area contributed by atoms with Crippen LogP contribution < -0.4 is 0 Å². The molecule has 0 bridgehead atoms. The third kappa shape index (κ3) is 3.75. The molecule has 0 aliphatic heterocycles. The van der Waals surface area contributed by atoms with Crippen molar-refractivity contribution in [3.63, 3.8) is 0 Å². The van der Waals surface area contributed by atoms with Crippen molar-refractivity contribution in [2.45, 2.75) is 40.5 Å². The highest BCUT2D eigenvalue weighted by atomic mass is 32.1. The molecule has 0 amide bonds. The molecule has 0 N–H and O–H groups in total. The predicted molar refractivity (Wildman–Crippen MR) is 139 cm³/mol. The van der Waals surface area contributed by atoms with Crippen LogP contribution in [0.5, 0.6) is 0 Å². The van der Waals surface area contributed by atoms with E-state index in [1.165, 1.54) is 37.0 Å². The maximum atomic E-state index is 4.79. The number of fused-ring (bicyclic) bond motifs is 3. The highest BCUT2D eigenvalue weighted by Gasteiger charge is 2.22. The second kappa shape index (κ2) is 8.55. The van der Waals surface area contributed by atoms with Gasteiger partial charge >= 0.3 is 0 Å². The van der Waals surface area contributed by atoms with Gasteiger partial charge in [-0.25, -0.2) is 4.98 Å². The predicted octanol–water partition coefficient (Wildman–Crippen LogP) is 8.30. The van der Waals surface area contributed by atoms with Crippen LogP contribution in [0, 0.1) is 11.8 Å². The first-order valence-electron chi connectivity index (χ1n) is 11.6. The zero-order valence-electron chi connectivity index (χ0n) is 19.3. The maximum absolute atomic E-state index is 4.79. The summed E-state index contributed by atoms with van der Waals surface area (Å²) in [7, 11) is 0. The quantitative estimate of drug-likeness (QED) is 0.261. The first kappa shape index (κ1) is 21.0. The number of hydrogen-bond donors (Lipinski definition) is 0. The molecule has 5 aromatic rings. The topological polar surface area (TPSA) is 17.8 Å². The summed E-state index contributed by atoms with van der Waals surface area (Å²) in [6, 6.07) is 21.9. The maximum Gasteiger partial charge on any atom is 0.144 e.